The maximum absolute atomic E-state index is 13.2. The molecule has 1 aliphatic heterocycles. The molecule has 4 nitrogen and oxygen atoms in total. The lowest BCUT2D eigenvalue weighted by atomic mass is 9.98. The summed E-state index contributed by atoms with van der Waals surface area (Å²) in [5.41, 5.74) is 4.04. The molecule has 0 bridgehead atoms. The summed E-state index contributed by atoms with van der Waals surface area (Å²) in [7, 11) is 3.80. The minimum absolute atomic E-state index is 0.519. The van der Waals surface area contributed by atoms with Crippen molar-refractivity contribution in [1.29, 1.82) is 0 Å². The van der Waals surface area contributed by atoms with Gasteiger partial charge in [0.2, 0.25) is 0 Å². The van der Waals surface area contributed by atoms with Crippen LogP contribution in [0.3, 0.4) is 0 Å². The van der Waals surface area contributed by atoms with E-state index in [9.17, 15) is 13.2 Å². The van der Waals surface area contributed by atoms with E-state index >= 15 is 0 Å². The zero-order valence-electron chi connectivity index (χ0n) is 14.8. The molecule has 0 saturated carbocycles. The Balaban J connectivity index is 1.88. The number of hydrogen-bond acceptors (Lipinski definition) is 4. The minimum atomic E-state index is -4.37. The second kappa shape index (κ2) is 6.35. The fraction of sp³-hybridized carbons (Fsp3) is 0.200. The molecule has 0 N–H and O–H groups in total. The Morgan fingerprint density at radius 1 is 0.889 bits per heavy atom. The quantitative estimate of drug-likeness (QED) is 0.673. The maximum atomic E-state index is 13.2. The Morgan fingerprint density at radius 3 is 2.37 bits per heavy atom. The Labute approximate surface area is 154 Å². The molecule has 0 radical (unpaired) electrons. The van der Waals surface area contributed by atoms with E-state index in [1.54, 1.807) is 18.5 Å². The molecule has 0 spiro atoms. The fourth-order valence-corrected chi connectivity index (χ4v) is 3.36. The van der Waals surface area contributed by atoms with Crippen LogP contribution in [0.4, 0.5) is 13.2 Å². The minimum Gasteiger partial charge on any atom is -0.308 e. The van der Waals surface area contributed by atoms with E-state index in [1.807, 2.05) is 42.3 Å². The van der Waals surface area contributed by atoms with E-state index in [0.717, 1.165) is 33.9 Å². The smallest absolute Gasteiger partial charge is 0.308 e. The summed E-state index contributed by atoms with van der Waals surface area (Å²) in [5, 5.41) is 3.92. The fourth-order valence-electron chi connectivity index (χ4n) is 3.36. The van der Waals surface area contributed by atoms with E-state index in [1.165, 1.54) is 12.1 Å². The normalized spacial score (nSPS) is 15.8. The van der Waals surface area contributed by atoms with Gasteiger partial charge < -0.3 is 5.01 Å². The van der Waals surface area contributed by atoms with Crippen LogP contribution in [0.25, 0.3) is 22.3 Å². The molecular formula is C20H17F3N4. The van der Waals surface area contributed by atoms with Gasteiger partial charge in [-0.25, -0.2) is 5.01 Å². The summed E-state index contributed by atoms with van der Waals surface area (Å²) < 4.78 is 39.5. The van der Waals surface area contributed by atoms with Gasteiger partial charge in [0.05, 0.1) is 22.3 Å². The summed E-state index contributed by atoms with van der Waals surface area (Å²) >= 11 is 0. The van der Waals surface area contributed by atoms with Crippen molar-refractivity contribution in [3.8, 4) is 0 Å². The number of aromatic nitrogens is 2. The number of rotatable bonds is 2. The molecule has 3 aromatic rings. The molecule has 0 saturated heterocycles. The number of fused-ring (bicyclic) bond motifs is 1. The topological polar surface area (TPSA) is 32.3 Å². The molecule has 7 heteroatoms. The number of likely N-dealkylation sites (N-methyl/N-ethyl adjacent to an activating group) is 1. The Kier molecular flexibility index (Phi) is 4.11. The summed E-state index contributed by atoms with van der Waals surface area (Å²) in [6.45, 7) is 0.519. The first kappa shape index (κ1) is 17.5. The molecule has 0 atom stereocenters. The Hall–Kier alpha value is -2.93. The summed E-state index contributed by atoms with van der Waals surface area (Å²) in [6, 6.07) is 11.2. The average Bonchev–Trinajstić information content (AvgIpc) is 2.96. The highest BCUT2D eigenvalue weighted by Crippen LogP contribution is 2.38. The second-order valence-electron chi connectivity index (χ2n) is 6.50. The third kappa shape index (κ3) is 3.14. The van der Waals surface area contributed by atoms with Crippen molar-refractivity contribution >= 4 is 22.3 Å². The number of alkyl halides is 3. The molecule has 138 valence electrons. The molecule has 4 rings (SSSR count). The third-order valence-electron chi connectivity index (χ3n) is 4.79. The third-order valence-corrected chi connectivity index (χ3v) is 4.79. The largest absolute Gasteiger partial charge is 0.416 e. The first-order valence-corrected chi connectivity index (χ1v) is 8.41. The molecule has 0 unspecified atom stereocenters. The van der Waals surface area contributed by atoms with Crippen LogP contribution >= 0.6 is 0 Å². The highest BCUT2D eigenvalue weighted by atomic mass is 19.4. The van der Waals surface area contributed by atoms with Crippen LogP contribution in [-0.2, 0) is 6.18 Å². The van der Waals surface area contributed by atoms with E-state index < -0.39 is 11.7 Å². The van der Waals surface area contributed by atoms with Gasteiger partial charge in [-0.05, 0) is 29.8 Å². The van der Waals surface area contributed by atoms with Gasteiger partial charge in [-0.3, -0.25) is 9.97 Å². The first-order chi connectivity index (χ1) is 12.8. The molecule has 2 aromatic carbocycles. The van der Waals surface area contributed by atoms with Crippen molar-refractivity contribution < 1.29 is 13.2 Å². The van der Waals surface area contributed by atoms with Gasteiger partial charge in [0.25, 0.3) is 0 Å². The van der Waals surface area contributed by atoms with Crippen molar-refractivity contribution in [2.45, 2.75) is 6.18 Å². The van der Waals surface area contributed by atoms with Gasteiger partial charge >= 0.3 is 6.18 Å². The lowest BCUT2D eigenvalue weighted by molar-refractivity contribution is -0.137. The van der Waals surface area contributed by atoms with Gasteiger partial charge in [-0.2, -0.15) is 13.2 Å². The van der Waals surface area contributed by atoms with Gasteiger partial charge in [-0.15, -0.1) is 0 Å². The highest BCUT2D eigenvalue weighted by Gasteiger charge is 2.32. The first-order valence-electron chi connectivity index (χ1n) is 8.41. The van der Waals surface area contributed by atoms with Crippen LogP contribution < -0.4 is 0 Å². The zero-order chi connectivity index (χ0) is 19.2. The number of halogens is 3. The van der Waals surface area contributed by atoms with Crippen LogP contribution in [-0.4, -0.2) is 40.6 Å². The van der Waals surface area contributed by atoms with Crippen LogP contribution in [0.5, 0.6) is 0 Å². The Morgan fingerprint density at radius 2 is 1.63 bits per heavy atom. The molecule has 2 heterocycles. The zero-order valence-corrected chi connectivity index (χ0v) is 14.8. The maximum Gasteiger partial charge on any atom is 0.416 e. The predicted molar refractivity (Wildman–Crippen MR) is 98.2 cm³/mol. The van der Waals surface area contributed by atoms with E-state index in [2.05, 4.69) is 9.97 Å². The van der Waals surface area contributed by atoms with Gasteiger partial charge in [0, 0.05) is 44.2 Å². The molecule has 0 fully saturated rings. The lowest BCUT2D eigenvalue weighted by Gasteiger charge is -2.24. The standard InChI is InChI=1S/C20H17F3N4/c1-26-12-16(13-4-3-5-15(10-13)20(21,22)23)19(27(26)2)14-6-7-17-18(11-14)25-9-8-24-17/h3-11H,12H2,1-2H3. The molecule has 1 aromatic heterocycles. The Bertz CT molecular complexity index is 1040. The van der Waals surface area contributed by atoms with E-state index in [4.69, 9.17) is 0 Å². The number of hydrazine groups is 1. The SMILES string of the molecule is CN1CC(c2cccc(C(F)(F)F)c2)=C(c2ccc3nccnc3c2)N1C. The molecule has 1 aliphatic rings. The predicted octanol–water partition coefficient (Wildman–Crippen LogP) is 4.31. The lowest BCUT2D eigenvalue weighted by Crippen LogP contribution is -2.29. The summed E-state index contributed by atoms with van der Waals surface area (Å²) in [4.78, 5) is 8.61. The van der Waals surface area contributed by atoms with Gasteiger partial charge in [0.15, 0.2) is 0 Å². The molecule has 0 amide bonds. The average molecular weight is 370 g/mol. The van der Waals surface area contributed by atoms with E-state index in [0.29, 0.717) is 12.1 Å². The van der Waals surface area contributed by atoms with Crippen molar-refractivity contribution in [3.63, 3.8) is 0 Å². The number of hydrogen-bond donors (Lipinski definition) is 0. The van der Waals surface area contributed by atoms with Crippen LogP contribution in [0.2, 0.25) is 0 Å². The molecule has 0 aliphatic carbocycles. The summed E-state index contributed by atoms with van der Waals surface area (Å²) in [6.07, 6.45) is -1.12. The number of benzene rings is 2. The molecular weight excluding hydrogens is 353 g/mol. The highest BCUT2D eigenvalue weighted by molar-refractivity contribution is 5.94. The van der Waals surface area contributed by atoms with Crippen molar-refractivity contribution in [3.05, 3.63) is 71.5 Å². The van der Waals surface area contributed by atoms with Crippen LogP contribution in [0.1, 0.15) is 16.7 Å². The van der Waals surface area contributed by atoms with Crippen LogP contribution in [0, 0.1) is 0 Å². The van der Waals surface area contributed by atoms with Gasteiger partial charge in [-0.1, -0.05) is 18.2 Å². The monoisotopic (exact) mass is 370 g/mol. The van der Waals surface area contributed by atoms with Crippen molar-refractivity contribution in [2.24, 2.45) is 0 Å². The second-order valence-corrected chi connectivity index (χ2v) is 6.50. The number of nitrogens with zero attached hydrogens (tertiary/aromatic N) is 4. The molecule has 27 heavy (non-hydrogen) atoms. The van der Waals surface area contributed by atoms with Crippen LogP contribution in [0.15, 0.2) is 54.9 Å². The summed E-state index contributed by atoms with van der Waals surface area (Å²) in [5.74, 6) is 0. The van der Waals surface area contributed by atoms with Gasteiger partial charge in [0.1, 0.15) is 0 Å². The van der Waals surface area contributed by atoms with E-state index in [-0.39, 0.29) is 0 Å². The van der Waals surface area contributed by atoms with Crippen molar-refractivity contribution in [1.82, 2.24) is 20.0 Å². The van der Waals surface area contributed by atoms with Crippen molar-refractivity contribution in [2.75, 3.05) is 20.6 Å².